The summed E-state index contributed by atoms with van der Waals surface area (Å²) in [4.78, 5) is 12.5. The lowest BCUT2D eigenvalue weighted by molar-refractivity contribution is 0.0935. The van der Waals surface area contributed by atoms with Crippen molar-refractivity contribution in [3.63, 3.8) is 0 Å². The molecule has 2 aromatic carbocycles. The van der Waals surface area contributed by atoms with E-state index >= 15 is 0 Å². The highest BCUT2D eigenvalue weighted by molar-refractivity contribution is 5.95. The maximum absolute atomic E-state index is 12.5. The Morgan fingerprint density at radius 1 is 1.05 bits per heavy atom. The number of hydrogen-bond acceptors (Lipinski definition) is 1. The third kappa shape index (κ3) is 3.52. The molecule has 2 rings (SSSR count). The minimum absolute atomic E-state index is 0.00241. The molecule has 2 nitrogen and oxygen atoms in total. The van der Waals surface area contributed by atoms with E-state index in [0.29, 0.717) is 0 Å². The van der Waals surface area contributed by atoms with Gasteiger partial charge in [-0.2, -0.15) is 0 Å². The van der Waals surface area contributed by atoms with Gasteiger partial charge in [-0.15, -0.1) is 0 Å². The Balaban J connectivity index is 2.23. The van der Waals surface area contributed by atoms with Gasteiger partial charge >= 0.3 is 0 Å². The summed E-state index contributed by atoms with van der Waals surface area (Å²) in [6.07, 6.45) is 0.876. The van der Waals surface area contributed by atoms with Crippen LogP contribution in [0.25, 0.3) is 0 Å². The van der Waals surface area contributed by atoms with Gasteiger partial charge in [0.1, 0.15) is 0 Å². The summed E-state index contributed by atoms with van der Waals surface area (Å²) in [5, 5.41) is 3.16. The van der Waals surface area contributed by atoms with Gasteiger partial charge in [0.05, 0.1) is 6.04 Å². The smallest absolute Gasteiger partial charge is 0.252 e. The van der Waals surface area contributed by atoms with E-state index in [0.717, 1.165) is 17.5 Å². The summed E-state index contributed by atoms with van der Waals surface area (Å²) >= 11 is 0. The molecule has 0 unspecified atom stereocenters. The third-order valence-corrected chi connectivity index (χ3v) is 3.90. The van der Waals surface area contributed by atoms with Crippen molar-refractivity contribution in [2.24, 2.45) is 0 Å². The molecule has 0 heterocycles. The monoisotopic (exact) mass is 281 g/mol. The molecule has 1 N–H and O–H groups in total. The molecule has 110 valence electrons. The van der Waals surface area contributed by atoms with Gasteiger partial charge in [0, 0.05) is 5.56 Å². The fourth-order valence-electron chi connectivity index (χ4n) is 2.68. The Hall–Kier alpha value is -2.09. The van der Waals surface area contributed by atoms with E-state index < -0.39 is 0 Å². The number of rotatable bonds is 4. The van der Waals surface area contributed by atoms with Gasteiger partial charge in [0.15, 0.2) is 0 Å². The van der Waals surface area contributed by atoms with Crippen molar-refractivity contribution >= 4 is 5.91 Å². The summed E-state index contributed by atoms with van der Waals surface area (Å²) in [6.45, 7) is 8.20. The van der Waals surface area contributed by atoms with E-state index in [4.69, 9.17) is 0 Å². The molecule has 0 saturated carbocycles. The van der Waals surface area contributed by atoms with Crippen molar-refractivity contribution in [2.45, 2.75) is 40.2 Å². The van der Waals surface area contributed by atoms with Crippen LogP contribution in [0.5, 0.6) is 0 Å². The summed E-state index contributed by atoms with van der Waals surface area (Å²) < 4.78 is 0. The van der Waals surface area contributed by atoms with E-state index in [-0.39, 0.29) is 11.9 Å². The first kappa shape index (κ1) is 15.3. The number of carbonyl (C=O) groups excluding carboxylic acids is 1. The summed E-state index contributed by atoms with van der Waals surface area (Å²) in [7, 11) is 0. The van der Waals surface area contributed by atoms with Gasteiger partial charge in [-0.1, -0.05) is 48.9 Å². The molecule has 0 radical (unpaired) electrons. The maximum atomic E-state index is 12.5. The lowest BCUT2D eigenvalue weighted by Crippen LogP contribution is -2.29. The molecule has 2 heteroatoms. The molecule has 0 aliphatic heterocycles. The van der Waals surface area contributed by atoms with Crippen LogP contribution in [-0.2, 0) is 0 Å². The molecule has 0 bridgehead atoms. The Morgan fingerprint density at radius 3 is 2.38 bits per heavy atom. The largest absolute Gasteiger partial charge is 0.345 e. The fourth-order valence-corrected chi connectivity index (χ4v) is 2.68. The number of nitrogens with one attached hydrogen (secondary N) is 1. The van der Waals surface area contributed by atoms with Crippen LogP contribution in [0.4, 0.5) is 0 Å². The van der Waals surface area contributed by atoms with Crippen LogP contribution in [0.1, 0.15) is 52.0 Å². The number of carbonyl (C=O) groups is 1. The van der Waals surface area contributed by atoms with Crippen molar-refractivity contribution in [3.05, 3.63) is 70.3 Å². The van der Waals surface area contributed by atoms with Crippen molar-refractivity contribution < 1.29 is 4.79 Å². The first-order chi connectivity index (χ1) is 10.0. The van der Waals surface area contributed by atoms with E-state index in [1.807, 2.05) is 44.2 Å². The predicted octanol–water partition coefficient (Wildman–Crippen LogP) is 4.49. The lowest BCUT2D eigenvalue weighted by Gasteiger charge is -2.20. The second kappa shape index (κ2) is 6.57. The van der Waals surface area contributed by atoms with Gasteiger partial charge in [-0.3, -0.25) is 4.79 Å². The molecule has 2 aromatic rings. The minimum Gasteiger partial charge on any atom is -0.345 e. The van der Waals surface area contributed by atoms with Crippen molar-refractivity contribution in [3.8, 4) is 0 Å². The Bertz CT molecular complexity index is 646. The molecule has 0 aliphatic rings. The Kier molecular flexibility index (Phi) is 4.79. The van der Waals surface area contributed by atoms with Gasteiger partial charge < -0.3 is 5.32 Å². The summed E-state index contributed by atoms with van der Waals surface area (Å²) in [5.74, 6) is 0.00241. The molecule has 21 heavy (non-hydrogen) atoms. The quantitative estimate of drug-likeness (QED) is 0.878. The molecule has 0 fully saturated rings. The minimum atomic E-state index is 0.00241. The first-order valence-corrected chi connectivity index (χ1v) is 7.46. The topological polar surface area (TPSA) is 29.1 Å². The van der Waals surface area contributed by atoms with Crippen molar-refractivity contribution in [1.29, 1.82) is 0 Å². The van der Waals surface area contributed by atoms with Gasteiger partial charge in [0.25, 0.3) is 5.91 Å². The van der Waals surface area contributed by atoms with Crippen LogP contribution in [-0.4, -0.2) is 5.91 Å². The molecular weight excluding hydrogens is 258 g/mol. The normalized spacial score (nSPS) is 12.0. The van der Waals surface area contributed by atoms with E-state index in [1.165, 1.54) is 16.7 Å². The molecule has 0 aliphatic carbocycles. The first-order valence-electron chi connectivity index (χ1n) is 7.46. The predicted molar refractivity (Wildman–Crippen MR) is 87.6 cm³/mol. The molecule has 0 spiro atoms. The second-order valence-electron chi connectivity index (χ2n) is 5.61. The van der Waals surface area contributed by atoms with E-state index in [2.05, 4.69) is 31.3 Å². The SMILES string of the molecule is CC[C@H](NC(=O)c1ccc(C)cc1C)c1ccccc1C. The number of benzene rings is 2. The van der Waals surface area contributed by atoms with Crippen LogP contribution >= 0.6 is 0 Å². The number of hydrogen-bond donors (Lipinski definition) is 1. The van der Waals surface area contributed by atoms with Crippen LogP contribution < -0.4 is 5.32 Å². The number of amides is 1. The highest BCUT2D eigenvalue weighted by atomic mass is 16.1. The summed E-state index contributed by atoms with van der Waals surface area (Å²) in [5.41, 5.74) is 5.36. The molecule has 0 aromatic heterocycles. The Morgan fingerprint density at radius 2 is 1.76 bits per heavy atom. The Labute approximate surface area is 127 Å². The van der Waals surface area contributed by atoms with Gasteiger partial charge in [-0.25, -0.2) is 0 Å². The highest BCUT2D eigenvalue weighted by Crippen LogP contribution is 2.21. The zero-order valence-corrected chi connectivity index (χ0v) is 13.2. The average molecular weight is 281 g/mol. The standard InChI is InChI=1S/C19H23NO/c1-5-18(16-9-7-6-8-14(16)3)20-19(21)17-11-10-13(2)12-15(17)4/h6-12,18H,5H2,1-4H3,(H,20,21)/t18-/m0/s1. The van der Waals surface area contributed by atoms with Crippen molar-refractivity contribution in [2.75, 3.05) is 0 Å². The van der Waals surface area contributed by atoms with E-state index in [9.17, 15) is 4.79 Å². The van der Waals surface area contributed by atoms with Crippen LogP contribution in [0.15, 0.2) is 42.5 Å². The maximum Gasteiger partial charge on any atom is 0.252 e. The average Bonchev–Trinajstić information content (AvgIpc) is 2.45. The van der Waals surface area contributed by atoms with Crippen molar-refractivity contribution in [1.82, 2.24) is 5.32 Å². The van der Waals surface area contributed by atoms with Gasteiger partial charge in [0.2, 0.25) is 0 Å². The number of aryl methyl sites for hydroxylation is 3. The highest BCUT2D eigenvalue weighted by Gasteiger charge is 2.16. The van der Waals surface area contributed by atoms with Crippen LogP contribution in [0.2, 0.25) is 0 Å². The zero-order valence-electron chi connectivity index (χ0n) is 13.2. The lowest BCUT2D eigenvalue weighted by atomic mass is 9.98. The van der Waals surface area contributed by atoms with Crippen LogP contribution in [0.3, 0.4) is 0 Å². The molecule has 0 saturated heterocycles. The van der Waals surface area contributed by atoms with Crippen LogP contribution in [0, 0.1) is 20.8 Å². The summed E-state index contributed by atoms with van der Waals surface area (Å²) in [6, 6.07) is 14.2. The van der Waals surface area contributed by atoms with E-state index in [1.54, 1.807) is 0 Å². The third-order valence-electron chi connectivity index (χ3n) is 3.90. The molecular formula is C19H23NO. The fraction of sp³-hybridized carbons (Fsp3) is 0.316. The molecule has 1 atom stereocenters. The van der Waals surface area contributed by atoms with Gasteiger partial charge in [-0.05, 0) is 49.9 Å². The second-order valence-corrected chi connectivity index (χ2v) is 5.61. The zero-order chi connectivity index (χ0) is 15.4. The molecule has 1 amide bonds.